The predicted molar refractivity (Wildman–Crippen MR) is 84.0 cm³/mol. The molecule has 0 unspecified atom stereocenters. The number of nitrogen functional groups attached to an aromatic ring is 1. The second-order valence-corrected chi connectivity index (χ2v) is 6.88. The molecule has 0 bridgehead atoms. The molecule has 1 aromatic heterocycles. The van der Waals surface area contributed by atoms with Crippen molar-refractivity contribution >= 4 is 11.6 Å². The molecule has 0 aliphatic carbocycles. The van der Waals surface area contributed by atoms with E-state index in [2.05, 4.69) is 43.0 Å². The standard InChI is InChI=1S/C15H27N5/c1-10-12(16)18-14(15(2,3)4)19-13(10)17-11-6-8-20(5)9-7-11/h11H,6-9H2,1-5H3,(H3,16,17,18,19). The van der Waals surface area contributed by atoms with Gasteiger partial charge in [0.2, 0.25) is 0 Å². The van der Waals surface area contributed by atoms with Gasteiger partial charge in [0.1, 0.15) is 17.5 Å². The molecule has 3 N–H and O–H groups in total. The Morgan fingerprint density at radius 2 is 1.80 bits per heavy atom. The lowest BCUT2D eigenvalue weighted by atomic mass is 9.95. The minimum absolute atomic E-state index is 0.0922. The molecule has 0 atom stereocenters. The van der Waals surface area contributed by atoms with Gasteiger partial charge in [0.05, 0.1) is 0 Å². The monoisotopic (exact) mass is 277 g/mol. The molecule has 5 heteroatoms. The van der Waals surface area contributed by atoms with E-state index in [9.17, 15) is 0 Å². The summed E-state index contributed by atoms with van der Waals surface area (Å²) in [5, 5.41) is 3.57. The van der Waals surface area contributed by atoms with Crippen molar-refractivity contribution < 1.29 is 0 Å². The van der Waals surface area contributed by atoms with E-state index in [4.69, 9.17) is 10.7 Å². The number of piperidine rings is 1. The van der Waals surface area contributed by atoms with Crippen LogP contribution < -0.4 is 11.1 Å². The van der Waals surface area contributed by atoms with Crippen molar-refractivity contribution in [1.29, 1.82) is 0 Å². The third-order valence-electron chi connectivity index (χ3n) is 3.91. The zero-order valence-electron chi connectivity index (χ0n) is 13.3. The minimum Gasteiger partial charge on any atom is -0.383 e. The van der Waals surface area contributed by atoms with Gasteiger partial charge in [0.15, 0.2) is 0 Å². The predicted octanol–water partition coefficient (Wildman–Crippen LogP) is 2.17. The Morgan fingerprint density at radius 1 is 1.20 bits per heavy atom. The van der Waals surface area contributed by atoms with Gasteiger partial charge in [0.25, 0.3) is 0 Å². The highest BCUT2D eigenvalue weighted by molar-refractivity contribution is 5.55. The van der Waals surface area contributed by atoms with Crippen molar-refractivity contribution in [3.63, 3.8) is 0 Å². The summed E-state index contributed by atoms with van der Waals surface area (Å²) in [6.45, 7) is 10.6. The van der Waals surface area contributed by atoms with Crippen LogP contribution in [-0.2, 0) is 5.41 Å². The summed E-state index contributed by atoms with van der Waals surface area (Å²) in [4.78, 5) is 11.5. The van der Waals surface area contributed by atoms with Crippen LogP contribution in [0.1, 0.15) is 45.0 Å². The van der Waals surface area contributed by atoms with Gasteiger partial charge in [-0.25, -0.2) is 9.97 Å². The molecular weight excluding hydrogens is 250 g/mol. The van der Waals surface area contributed by atoms with E-state index < -0.39 is 0 Å². The highest BCUT2D eigenvalue weighted by Gasteiger charge is 2.22. The smallest absolute Gasteiger partial charge is 0.138 e. The van der Waals surface area contributed by atoms with Crippen LogP contribution in [0.3, 0.4) is 0 Å². The zero-order chi connectivity index (χ0) is 14.9. The quantitative estimate of drug-likeness (QED) is 0.867. The van der Waals surface area contributed by atoms with Crippen molar-refractivity contribution in [2.24, 2.45) is 0 Å². The Balaban J connectivity index is 2.20. The molecule has 1 aliphatic heterocycles. The molecule has 1 aliphatic rings. The molecule has 112 valence electrons. The first-order valence-electron chi connectivity index (χ1n) is 7.37. The van der Waals surface area contributed by atoms with Crippen LogP contribution in [-0.4, -0.2) is 41.0 Å². The summed E-state index contributed by atoms with van der Waals surface area (Å²) < 4.78 is 0. The summed E-state index contributed by atoms with van der Waals surface area (Å²) in [6.07, 6.45) is 2.29. The molecule has 0 radical (unpaired) electrons. The zero-order valence-corrected chi connectivity index (χ0v) is 13.3. The third-order valence-corrected chi connectivity index (χ3v) is 3.91. The van der Waals surface area contributed by atoms with E-state index in [0.29, 0.717) is 11.9 Å². The first-order valence-corrected chi connectivity index (χ1v) is 7.37. The lowest BCUT2D eigenvalue weighted by molar-refractivity contribution is 0.263. The highest BCUT2D eigenvalue weighted by atomic mass is 15.1. The molecule has 2 heterocycles. The average molecular weight is 277 g/mol. The maximum atomic E-state index is 6.05. The summed E-state index contributed by atoms with van der Waals surface area (Å²) in [5.74, 6) is 2.29. The molecule has 0 spiro atoms. The normalized spacial score (nSPS) is 18.2. The summed E-state index contributed by atoms with van der Waals surface area (Å²) in [6, 6.07) is 0.479. The summed E-state index contributed by atoms with van der Waals surface area (Å²) in [5.41, 5.74) is 6.91. The Bertz CT molecular complexity index is 470. The Labute approximate surface area is 122 Å². The number of nitrogens with zero attached hydrogens (tertiary/aromatic N) is 3. The number of rotatable bonds is 2. The Kier molecular flexibility index (Phi) is 4.18. The van der Waals surface area contributed by atoms with Gasteiger partial charge in [-0.05, 0) is 39.9 Å². The molecule has 5 nitrogen and oxygen atoms in total. The van der Waals surface area contributed by atoms with Crippen LogP contribution in [0.15, 0.2) is 0 Å². The fourth-order valence-electron chi connectivity index (χ4n) is 2.36. The fraction of sp³-hybridized carbons (Fsp3) is 0.733. The fourth-order valence-corrected chi connectivity index (χ4v) is 2.36. The van der Waals surface area contributed by atoms with Crippen LogP contribution in [0.2, 0.25) is 0 Å². The SMILES string of the molecule is Cc1c(N)nc(C(C)(C)C)nc1NC1CCN(C)CC1. The molecule has 0 aromatic carbocycles. The maximum absolute atomic E-state index is 6.05. The number of likely N-dealkylation sites (tertiary alicyclic amines) is 1. The topological polar surface area (TPSA) is 67.1 Å². The van der Waals surface area contributed by atoms with Crippen molar-refractivity contribution in [2.45, 2.75) is 52.0 Å². The number of hydrogen-bond donors (Lipinski definition) is 2. The van der Waals surface area contributed by atoms with E-state index in [-0.39, 0.29) is 5.41 Å². The number of aromatic nitrogens is 2. The van der Waals surface area contributed by atoms with Crippen molar-refractivity contribution in [2.75, 3.05) is 31.2 Å². The van der Waals surface area contributed by atoms with Gasteiger partial charge in [-0.2, -0.15) is 0 Å². The van der Waals surface area contributed by atoms with Gasteiger partial charge in [-0.15, -0.1) is 0 Å². The number of nitrogens with two attached hydrogens (primary N) is 1. The molecule has 0 saturated carbocycles. The Morgan fingerprint density at radius 3 is 2.35 bits per heavy atom. The molecule has 20 heavy (non-hydrogen) atoms. The molecule has 2 rings (SSSR count). The van der Waals surface area contributed by atoms with Gasteiger partial charge < -0.3 is 16.0 Å². The van der Waals surface area contributed by atoms with Crippen LogP contribution in [0.4, 0.5) is 11.6 Å². The summed E-state index contributed by atoms with van der Waals surface area (Å²) in [7, 11) is 2.17. The minimum atomic E-state index is -0.0922. The molecule has 1 saturated heterocycles. The second-order valence-electron chi connectivity index (χ2n) is 6.88. The molecule has 0 amide bonds. The average Bonchev–Trinajstić information content (AvgIpc) is 2.36. The molecular formula is C15H27N5. The van der Waals surface area contributed by atoms with Gasteiger partial charge in [-0.3, -0.25) is 0 Å². The van der Waals surface area contributed by atoms with E-state index in [1.165, 1.54) is 0 Å². The number of hydrogen-bond acceptors (Lipinski definition) is 5. The first-order chi connectivity index (χ1) is 9.27. The maximum Gasteiger partial charge on any atom is 0.138 e. The lowest BCUT2D eigenvalue weighted by Crippen LogP contribution is -2.37. The van der Waals surface area contributed by atoms with Crippen LogP contribution in [0.25, 0.3) is 0 Å². The van der Waals surface area contributed by atoms with Gasteiger partial charge in [0, 0.05) is 17.0 Å². The number of anilines is 2. The van der Waals surface area contributed by atoms with Crippen LogP contribution in [0, 0.1) is 6.92 Å². The van der Waals surface area contributed by atoms with Crippen LogP contribution in [0.5, 0.6) is 0 Å². The third kappa shape index (κ3) is 3.39. The first kappa shape index (κ1) is 15.0. The van der Waals surface area contributed by atoms with E-state index >= 15 is 0 Å². The largest absolute Gasteiger partial charge is 0.383 e. The molecule has 1 fully saturated rings. The molecule has 1 aromatic rings. The van der Waals surface area contributed by atoms with Gasteiger partial charge in [-0.1, -0.05) is 20.8 Å². The van der Waals surface area contributed by atoms with Crippen molar-refractivity contribution in [1.82, 2.24) is 14.9 Å². The van der Waals surface area contributed by atoms with E-state index in [1.807, 2.05) is 6.92 Å². The number of nitrogens with one attached hydrogen (secondary N) is 1. The van der Waals surface area contributed by atoms with E-state index in [1.54, 1.807) is 0 Å². The Hall–Kier alpha value is -1.36. The summed E-state index contributed by atoms with van der Waals surface area (Å²) >= 11 is 0. The van der Waals surface area contributed by atoms with Crippen molar-refractivity contribution in [3.05, 3.63) is 11.4 Å². The lowest BCUT2D eigenvalue weighted by Gasteiger charge is -2.30. The van der Waals surface area contributed by atoms with Gasteiger partial charge >= 0.3 is 0 Å². The second kappa shape index (κ2) is 5.56. The highest BCUT2D eigenvalue weighted by Crippen LogP contribution is 2.26. The van der Waals surface area contributed by atoms with E-state index in [0.717, 1.165) is 43.1 Å². The van der Waals surface area contributed by atoms with Crippen molar-refractivity contribution in [3.8, 4) is 0 Å². The van der Waals surface area contributed by atoms with Crippen LogP contribution >= 0.6 is 0 Å².